The predicted molar refractivity (Wildman–Crippen MR) is 183 cm³/mol. The van der Waals surface area contributed by atoms with Crippen molar-refractivity contribution in [3.05, 3.63) is 105 Å². The molecule has 2 amide bonds. The van der Waals surface area contributed by atoms with Crippen molar-refractivity contribution in [2.24, 2.45) is 0 Å². The lowest BCUT2D eigenvalue weighted by Gasteiger charge is -2.28. The van der Waals surface area contributed by atoms with Gasteiger partial charge in [0.15, 0.2) is 17.0 Å². The Morgan fingerprint density at radius 1 is 0.849 bits per heavy atom. The third-order valence-corrected chi connectivity index (χ3v) is 8.88. The molecule has 1 aromatic heterocycles. The van der Waals surface area contributed by atoms with Crippen LogP contribution in [0.2, 0.25) is 0 Å². The molecule has 0 unspecified atom stereocenters. The highest BCUT2D eigenvalue weighted by atomic mass is 32.1. The Morgan fingerprint density at radius 3 is 2.02 bits per heavy atom. The van der Waals surface area contributed by atoms with E-state index in [1.807, 2.05) is 0 Å². The SMILES string of the molecule is CCOC(=O)C(CCC(=O)Oc1c(F)cc(NC(=O)c2ccccc2-c2ccc(C(F)(F)F)cc2)c(C(=O)N(C)C)c1F)(C(=O)OCC)c1cccs1. The Labute approximate surface area is 304 Å². The second-order valence-corrected chi connectivity index (χ2v) is 12.4. The van der Waals surface area contributed by atoms with Crippen LogP contribution in [0.1, 0.15) is 57.8 Å². The standard InChI is InChI=1S/C37H33F5N2O8S/c1-5-50-34(48)36(35(49)51-6-2,27-12-9-19-53-27)18-17-28(45)52-31-25(38)20-26(29(30(31)39)33(47)44(3)4)43-32(46)24-11-8-7-10-23(24)21-13-15-22(16-14-21)37(40,41)42/h7-16,19-20H,5-6,17-18H2,1-4H3,(H,43,46). The maximum atomic E-state index is 16.1. The van der Waals surface area contributed by atoms with Crippen molar-refractivity contribution in [1.82, 2.24) is 4.90 Å². The summed E-state index contributed by atoms with van der Waals surface area (Å²) in [5.74, 6) is -9.79. The number of carbonyl (C=O) groups excluding carboxylic acids is 5. The molecule has 0 atom stereocenters. The van der Waals surface area contributed by atoms with E-state index in [1.54, 1.807) is 11.4 Å². The zero-order valence-electron chi connectivity index (χ0n) is 28.8. The average molecular weight is 761 g/mol. The van der Waals surface area contributed by atoms with Crippen LogP contribution >= 0.6 is 11.3 Å². The molecule has 0 radical (unpaired) electrons. The normalized spacial score (nSPS) is 11.4. The van der Waals surface area contributed by atoms with Crippen molar-refractivity contribution in [3.63, 3.8) is 0 Å². The van der Waals surface area contributed by atoms with Gasteiger partial charge >= 0.3 is 24.1 Å². The van der Waals surface area contributed by atoms with E-state index in [4.69, 9.17) is 14.2 Å². The van der Waals surface area contributed by atoms with Crippen LogP contribution in [0, 0.1) is 11.6 Å². The topological polar surface area (TPSA) is 128 Å². The van der Waals surface area contributed by atoms with Gasteiger partial charge in [0, 0.05) is 37.0 Å². The van der Waals surface area contributed by atoms with Crippen LogP contribution in [-0.4, -0.2) is 61.9 Å². The number of hydrogen-bond donors (Lipinski definition) is 1. The Kier molecular flexibility index (Phi) is 12.7. The van der Waals surface area contributed by atoms with Gasteiger partial charge in [-0.15, -0.1) is 11.3 Å². The van der Waals surface area contributed by atoms with E-state index in [1.165, 1.54) is 58.3 Å². The molecule has 1 N–H and O–H groups in total. The molecule has 0 saturated carbocycles. The van der Waals surface area contributed by atoms with E-state index in [-0.39, 0.29) is 34.8 Å². The first-order valence-electron chi connectivity index (χ1n) is 16.0. The van der Waals surface area contributed by atoms with Crippen LogP contribution in [0.5, 0.6) is 5.75 Å². The highest BCUT2D eigenvalue weighted by Crippen LogP contribution is 2.38. The molecule has 0 bridgehead atoms. The third-order valence-electron chi connectivity index (χ3n) is 7.85. The van der Waals surface area contributed by atoms with Gasteiger partial charge in [0.2, 0.25) is 5.75 Å². The summed E-state index contributed by atoms with van der Waals surface area (Å²) in [5.41, 5.74) is -4.26. The molecule has 280 valence electrons. The first-order chi connectivity index (χ1) is 25.1. The first-order valence-corrected chi connectivity index (χ1v) is 16.8. The maximum absolute atomic E-state index is 16.1. The van der Waals surface area contributed by atoms with E-state index in [9.17, 15) is 37.1 Å². The van der Waals surface area contributed by atoms with Crippen molar-refractivity contribution in [3.8, 4) is 16.9 Å². The fraction of sp³-hybridized carbons (Fsp3) is 0.270. The zero-order valence-corrected chi connectivity index (χ0v) is 29.6. The number of rotatable bonds is 13. The molecule has 0 aliphatic heterocycles. The lowest BCUT2D eigenvalue weighted by Crippen LogP contribution is -2.46. The number of benzene rings is 3. The molecule has 1 heterocycles. The summed E-state index contributed by atoms with van der Waals surface area (Å²) >= 11 is 1.02. The van der Waals surface area contributed by atoms with Gasteiger partial charge in [-0.1, -0.05) is 36.4 Å². The van der Waals surface area contributed by atoms with E-state index in [0.717, 1.165) is 40.5 Å². The number of hydrogen-bond acceptors (Lipinski definition) is 9. The minimum absolute atomic E-state index is 0.107. The van der Waals surface area contributed by atoms with Crippen molar-refractivity contribution in [1.29, 1.82) is 0 Å². The number of alkyl halides is 3. The first kappa shape index (κ1) is 40.1. The molecule has 4 rings (SSSR count). The van der Waals surface area contributed by atoms with E-state index in [2.05, 4.69) is 5.32 Å². The van der Waals surface area contributed by atoms with Crippen LogP contribution in [0.25, 0.3) is 11.1 Å². The number of ether oxygens (including phenoxy) is 3. The molecule has 0 saturated heterocycles. The quantitative estimate of drug-likeness (QED) is 0.0646. The number of esters is 3. The number of nitrogens with zero attached hydrogens (tertiary/aromatic N) is 1. The van der Waals surface area contributed by atoms with Crippen LogP contribution < -0.4 is 10.1 Å². The smallest absolute Gasteiger partial charge is 0.416 e. The molecule has 0 spiro atoms. The molecule has 3 aromatic carbocycles. The van der Waals surface area contributed by atoms with Crippen LogP contribution in [0.15, 0.2) is 72.1 Å². The minimum Gasteiger partial charge on any atom is -0.465 e. The molecule has 4 aromatic rings. The van der Waals surface area contributed by atoms with Crippen molar-refractivity contribution >= 4 is 46.7 Å². The maximum Gasteiger partial charge on any atom is 0.416 e. The average Bonchev–Trinajstić information content (AvgIpc) is 3.65. The highest BCUT2D eigenvalue weighted by Gasteiger charge is 2.51. The monoisotopic (exact) mass is 760 g/mol. The molecule has 16 heteroatoms. The zero-order chi connectivity index (χ0) is 39.1. The van der Waals surface area contributed by atoms with Gasteiger partial charge < -0.3 is 24.4 Å². The van der Waals surface area contributed by atoms with Crippen molar-refractivity contribution in [2.75, 3.05) is 32.6 Å². The number of amides is 2. The Hall–Kier alpha value is -5.64. The number of carbonyl (C=O) groups is 5. The molecule has 0 aliphatic rings. The van der Waals surface area contributed by atoms with Gasteiger partial charge in [-0.05, 0) is 61.0 Å². The Balaban J connectivity index is 1.67. The molecule has 53 heavy (non-hydrogen) atoms. The number of nitrogens with one attached hydrogen (secondary N) is 1. The van der Waals surface area contributed by atoms with Gasteiger partial charge in [-0.25, -0.2) is 8.78 Å². The number of halogens is 5. The van der Waals surface area contributed by atoms with Gasteiger partial charge in [-0.3, -0.25) is 24.0 Å². The Bertz CT molecular complexity index is 1980. The molecular formula is C37H33F5N2O8S. The van der Waals surface area contributed by atoms with Crippen molar-refractivity contribution < 1.29 is 60.1 Å². The summed E-state index contributed by atoms with van der Waals surface area (Å²) in [4.78, 5) is 67.4. The van der Waals surface area contributed by atoms with Crippen molar-refractivity contribution in [2.45, 2.75) is 38.3 Å². The van der Waals surface area contributed by atoms with Crippen LogP contribution in [0.3, 0.4) is 0 Å². The number of thiophene rings is 1. The molecular weight excluding hydrogens is 727 g/mol. The van der Waals surface area contributed by atoms with Gasteiger partial charge in [-0.2, -0.15) is 13.2 Å². The van der Waals surface area contributed by atoms with E-state index >= 15 is 8.78 Å². The van der Waals surface area contributed by atoms with E-state index in [0.29, 0.717) is 6.07 Å². The van der Waals surface area contributed by atoms with Crippen LogP contribution in [0.4, 0.5) is 27.6 Å². The lowest BCUT2D eigenvalue weighted by atomic mass is 9.81. The fourth-order valence-electron chi connectivity index (χ4n) is 5.28. The summed E-state index contributed by atoms with van der Waals surface area (Å²) in [6.45, 7) is 2.80. The second kappa shape index (κ2) is 16.8. The van der Waals surface area contributed by atoms with E-state index < -0.39 is 88.4 Å². The predicted octanol–water partition coefficient (Wildman–Crippen LogP) is 7.42. The highest BCUT2D eigenvalue weighted by molar-refractivity contribution is 7.10. The summed E-state index contributed by atoms with van der Waals surface area (Å²) in [5, 5.41) is 3.88. The molecule has 10 nitrogen and oxygen atoms in total. The molecule has 0 fully saturated rings. The summed E-state index contributed by atoms with van der Waals surface area (Å²) < 4.78 is 86.4. The third kappa shape index (κ3) is 8.71. The lowest BCUT2D eigenvalue weighted by molar-refractivity contribution is -0.165. The molecule has 0 aliphatic carbocycles. The van der Waals surface area contributed by atoms with Gasteiger partial charge in [0.05, 0.1) is 24.5 Å². The number of anilines is 1. The Morgan fingerprint density at radius 2 is 1.47 bits per heavy atom. The summed E-state index contributed by atoms with van der Waals surface area (Å²) in [6.07, 6.45) is -5.91. The second-order valence-electron chi connectivity index (χ2n) is 11.5. The fourth-order valence-corrected chi connectivity index (χ4v) is 6.21. The minimum atomic E-state index is -4.60. The summed E-state index contributed by atoms with van der Waals surface area (Å²) in [6, 6.07) is 13.3. The van der Waals surface area contributed by atoms with Gasteiger partial charge in [0.1, 0.15) is 5.56 Å². The summed E-state index contributed by atoms with van der Waals surface area (Å²) in [7, 11) is 2.49. The van der Waals surface area contributed by atoms with Gasteiger partial charge in [0.25, 0.3) is 11.8 Å². The van der Waals surface area contributed by atoms with Crippen LogP contribution in [-0.2, 0) is 35.4 Å². The largest absolute Gasteiger partial charge is 0.465 e.